The van der Waals surface area contributed by atoms with Gasteiger partial charge in [-0.2, -0.15) is 10.2 Å². The van der Waals surface area contributed by atoms with E-state index in [4.69, 9.17) is 11.6 Å². The Labute approximate surface area is 154 Å². The molecule has 1 aromatic carbocycles. The second-order valence-corrected chi connectivity index (χ2v) is 5.92. The maximum Gasteiger partial charge on any atom is 0.276 e. The third kappa shape index (κ3) is 3.75. The number of hydrogen-bond donors (Lipinski definition) is 2. The van der Waals surface area contributed by atoms with Crippen molar-refractivity contribution in [3.63, 3.8) is 0 Å². The second-order valence-electron chi connectivity index (χ2n) is 5.51. The molecule has 134 valence electrons. The highest BCUT2D eigenvalue weighted by atomic mass is 35.5. The average molecular weight is 373 g/mol. The number of amides is 2. The van der Waals surface area contributed by atoms with Crippen molar-refractivity contribution in [2.24, 2.45) is 7.05 Å². The van der Waals surface area contributed by atoms with Gasteiger partial charge in [-0.1, -0.05) is 23.7 Å². The Bertz CT molecular complexity index is 962. The second kappa shape index (κ2) is 7.40. The number of carbonyl (C=O) groups is 2. The van der Waals surface area contributed by atoms with E-state index in [1.807, 2.05) is 6.92 Å². The minimum Gasteiger partial charge on any atom is -0.318 e. The molecule has 0 atom stereocenters. The first kappa shape index (κ1) is 17.7. The summed E-state index contributed by atoms with van der Waals surface area (Å²) in [6, 6.07) is 8.21. The molecule has 8 nitrogen and oxygen atoms in total. The number of carbonyl (C=O) groups excluding carboxylic acids is 2. The van der Waals surface area contributed by atoms with Gasteiger partial charge in [0, 0.05) is 25.9 Å². The van der Waals surface area contributed by atoms with Crippen LogP contribution >= 0.6 is 11.6 Å². The molecule has 0 saturated carbocycles. The van der Waals surface area contributed by atoms with E-state index in [1.165, 1.54) is 10.7 Å². The highest BCUT2D eigenvalue weighted by molar-refractivity contribution is 6.34. The van der Waals surface area contributed by atoms with E-state index in [0.717, 1.165) is 0 Å². The van der Waals surface area contributed by atoms with Gasteiger partial charge in [0.05, 0.1) is 22.5 Å². The fourth-order valence-corrected chi connectivity index (χ4v) is 2.54. The van der Waals surface area contributed by atoms with Crippen LogP contribution in [0.4, 0.5) is 11.5 Å². The zero-order valence-corrected chi connectivity index (χ0v) is 15.0. The van der Waals surface area contributed by atoms with Crippen LogP contribution in [0.3, 0.4) is 0 Å². The van der Waals surface area contributed by atoms with Crippen LogP contribution in [-0.4, -0.2) is 31.4 Å². The fraction of sp³-hybridized carbons (Fsp3) is 0.176. The number of nitrogens with zero attached hydrogens (tertiary/aromatic N) is 4. The van der Waals surface area contributed by atoms with E-state index in [2.05, 4.69) is 20.8 Å². The molecule has 0 aliphatic carbocycles. The average Bonchev–Trinajstić information content (AvgIpc) is 3.22. The predicted octanol–water partition coefficient (Wildman–Crippen LogP) is 2.79. The van der Waals surface area contributed by atoms with Gasteiger partial charge in [0.2, 0.25) is 0 Å². The Hall–Kier alpha value is -3.13. The molecule has 0 radical (unpaired) electrons. The van der Waals surface area contributed by atoms with Crippen LogP contribution < -0.4 is 10.6 Å². The molecular weight excluding hydrogens is 356 g/mol. The lowest BCUT2D eigenvalue weighted by Gasteiger charge is -2.06. The molecular formula is C17H17ClN6O2. The molecule has 2 amide bonds. The lowest BCUT2D eigenvalue weighted by Crippen LogP contribution is -2.14. The molecule has 0 unspecified atom stereocenters. The van der Waals surface area contributed by atoms with Crippen molar-refractivity contribution in [2.45, 2.75) is 13.5 Å². The monoisotopic (exact) mass is 372 g/mol. The summed E-state index contributed by atoms with van der Waals surface area (Å²) in [5.41, 5.74) is 1.09. The number of nitrogens with one attached hydrogen (secondary N) is 2. The van der Waals surface area contributed by atoms with Crippen molar-refractivity contribution < 1.29 is 9.59 Å². The molecule has 2 heterocycles. The highest BCUT2D eigenvalue weighted by Gasteiger charge is 2.17. The molecule has 3 rings (SSSR count). The molecule has 0 fully saturated rings. The van der Waals surface area contributed by atoms with Crippen LogP contribution in [0.2, 0.25) is 5.02 Å². The minimum absolute atomic E-state index is 0.172. The largest absolute Gasteiger partial charge is 0.318 e. The smallest absolute Gasteiger partial charge is 0.276 e. The van der Waals surface area contributed by atoms with Crippen molar-refractivity contribution in [1.82, 2.24) is 19.6 Å². The van der Waals surface area contributed by atoms with Crippen LogP contribution in [0.5, 0.6) is 0 Å². The number of anilines is 2. The van der Waals surface area contributed by atoms with E-state index in [9.17, 15) is 9.59 Å². The molecule has 0 spiro atoms. The SMILES string of the molecule is CCn1cc(NC(=O)c2cc(NC(=O)c3ccccc3Cl)n(C)n2)cn1. The van der Waals surface area contributed by atoms with E-state index in [1.54, 1.807) is 48.4 Å². The lowest BCUT2D eigenvalue weighted by molar-refractivity contribution is 0.101. The molecule has 0 bridgehead atoms. The highest BCUT2D eigenvalue weighted by Crippen LogP contribution is 2.18. The molecule has 0 aliphatic rings. The Morgan fingerprint density at radius 2 is 1.96 bits per heavy atom. The number of aromatic nitrogens is 4. The zero-order chi connectivity index (χ0) is 18.7. The van der Waals surface area contributed by atoms with Crippen molar-refractivity contribution in [1.29, 1.82) is 0 Å². The Balaban J connectivity index is 1.73. The number of aryl methyl sites for hydroxylation is 2. The van der Waals surface area contributed by atoms with E-state index in [-0.39, 0.29) is 11.6 Å². The summed E-state index contributed by atoms with van der Waals surface area (Å²) < 4.78 is 3.11. The third-order valence-corrected chi connectivity index (χ3v) is 4.02. The Morgan fingerprint density at radius 3 is 2.65 bits per heavy atom. The van der Waals surface area contributed by atoms with Gasteiger partial charge in [-0.15, -0.1) is 0 Å². The lowest BCUT2D eigenvalue weighted by atomic mass is 10.2. The molecule has 2 aromatic heterocycles. The minimum atomic E-state index is -0.394. The van der Waals surface area contributed by atoms with Crippen LogP contribution in [0, 0.1) is 0 Å². The standard InChI is InChI=1S/C17H17ClN6O2/c1-3-24-10-11(9-19-24)20-17(26)14-8-15(23(2)22-14)21-16(25)12-6-4-5-7-13(12)18/h4-10H,3H2,1-2H3,(H,20,26)(H,21,25). The van der Waals surface area contributed by atoms with Crippen molar-refractivity contribution >= 4 is 34.9 Å². The quantitative estimate of drug-likeness (QED) is 0.720. The van der Waals surface area contributed by atoms with Crippen LogP contribution in [0.25, 0.3) is 0 Å². The molecule has 9 heteroatoms. The molecule has 2 N–H and O–H groups in total. The summed E-state index contributed by atoms with van der Waals surface area (Å²) in [6.07, 6.45) is 3.28. The molecule has 0 aliphatic heterocycles. The van der Waals surface area contributed by atoms with Gasteiger partial charge in [-0.3, -0.25) is 19.0 Å². The van der Waals surface area contributed by atoms with Crippen molar-refractivity contribution in [2.75, 3.05) is 10.6 Å². The van der Waals surface area contributed by atoms with Gasteiger partial charge in [-0.05, 0) is 19.1 Å². The first-order valence-corrected chi connectivity index (χ1v) is 8.29. The number of hydrogen-bond acceptors (Lipinski definition) is 4. The van der Waals surface area contributed by atoms with Crippen LogP contribution in [0.15, 0.2) is 42.7 Å². The van der Waals surface area contributed by atoms with Crippen LogP contribution in [-0.2, 0) is 13.6 Å². The van der Waals surface area contributed by atoms with Gasteiger partial charge >= 0.3 is 0 Å². The van der Waals surface area contributed by atoms with Gasteiger partial charge in [-0.25, -0.2) is 0 Å². The summed E-state index contributed by atoms with van der Waals surface area (Å²) >= 11 is 6.03. The third-order valence-electron chi connectivity index (χ3n) is 3.69. The number of rotatable bonds is 5. The van der Waals surface area contributed by atoms with Crippen molar-refractivity contribution in [3.8, 4) is 0 Å². The fourth-order valence-electron chi connectivity index (χ4n) is 2.32. The number of benzene rings is 1. The maximum absolute atomic E-state index is 12.3. The summed E-state index contributed by atoms with van der Waals surface area (Å²) in [6.45, 7) is 2.66. The van der Waals surface area contributed by atoms with E-state index < -0.39 is 5.91 Å². The van der Waals surface area contributed by atoms with E-state index >= 15 is 0 Å². The topological polar surface area (TPSA) is 93.8 Å². The van der Waals surface area contributed by atoms with Gasteiger partial charge in [0.25, 0.3) is 11.8 Å². The molecule has 3 aromatic rings. The van der Waals surface area contributed by atoms with E-state index in [0.29, 0.717) is 28.6 Å². The van der Waals surface area contributed by atoms with Gasteiger partial charge in [0.15, 0.2) is 5.69 Å². The maximum atomic E-state index is 12.3. The summed E-state index contributed by atoms with van der Waals surface area (Å²) in [7, 11) is 1.63. The molecule has 0 saturated heterocycles. The van der Waals surface area contributed by atoms with Crippen molar-refractivity contribution in [3.05, 3.63) is 59.0 Å². The Morgan fingerprint density at radius 1 is 1.19 bits per heavy atom. The number of halogens is 1. The normalized spacial score (nSPS) is 10.6. The Kier molecular flexibility index (Phi) is 5.04. The summed E-state index contributed by atoms with van der Waals surface area (Å²) in [5, 5.41) is 14.0. The molecule has 26 heavy (non-hydrogen) atoms. The van der Waals surface area contributed by atoms with Gasteiger partial charge < -0.3 is 10.6 Å². The first-order valence-electron chi connectivity index (χ1n) is 7.91. The first-order chi connectivity index (χ1) is 12.5. The summed E-state index contributed by atoms with van der Waals surface area (Å²) in [4.78, 5) is 24.7. The predicted molar refractivity (Wildman–Crippen MR) is 98.5 cm³/mol. The van der Waals surface area contributed by atoms with Gasteiger partial charge in [0.1, 0.15) is 5.82 Å². The summed E-state index contributed by atoms with van der Waals surface area (Å²) in [5.74, 6) is -0.395. The van der Waals surface area contributed by atoms with Crippen LogP contribution in [0.1, 0.15) is 27.8 Å². The zero-order valence-electron chi connectivity index (χ0n) is 14.2.